The standard InChI is InChI=1S/C13H18FN3O3S/c1-2-19-12(18)11(9-7-21-13(15)16-9)17-20-10-6-4-3-5-8(10)14/h7-8,10H,2-6H2,1H3,(H2,15,16)/t8-,10-/m1/s1. The molecule has 1 aliphatic rings. The molecular weight excluding hydrogens is 297 g/mol. The number of aromatic nitrogens is 1. The lowest BCUT2D eigenvalue weighted by Gasteiger charge is -2.23. The second-order valence-corrected chi connectivity index (χ2v) is 5.57. The highest BCUT2D eigenvalue weighted by molar-refractivity contribution is 7.13. The van der Waals surface area contributed by atoms with E-state index in [0.29, 0.717) is 18.0 Å². The number of anilines is 1. The van der Waals surface area contributed by atoms with Gasteiger partial charge in [0.2, 0.25) is 5.71 Å². The lowest BCUT2D eigenvalue weighted by Crippen LogP contribution is -2.29. The van der Waals surface area contributed by atoms with E-state index in [9.17, 15) is 9.18 Å². The summed E-state index contributed by atoms with van der Waals surface area (Å²) in [7, 11) is 0. The van der Waals surface area contributed by atoms with E-state index in [-0.39, 0.29) is 18.0 Å². The van der Waals surface area contributed by atoms with E-state index in [1.165, 1.54) is 11.3 Å². The fraction of sp³-hybridized carbons (Fsp3) is 0.615. The van der Waals surface area contributed by atoms with Crippen LogP contribution in [0.5, 0.6) is 0 Å². The van der Waals surface area contributed by atoms with Gasteiger partial charge in [0.1, 0.15) is 11.9 Å². The van der Waals surface area contributed by atoms with Gasteiger partial charge in [0.05, 0.1) is 6.61 Å². The van der Waals surface area contributed by atoms with Crippen LogP contribution in [0.25, 0.3) is 0 Å². The summed E-state index contributed by atoms with van der Waals surface area (Å²) >= 11 is 1.18. The summed E-state index contributed by atoms with van der Waals surface area (Å²) < 4.78 is 18.6. The second kappa shape index (κ2) is 7.35. The van der Waals surface area contributed by atoms with Crippen molar-refractivity contribution in [2.24, 2.45) is 5.16 Å². The van der Waals surface area contributed by atoms with E-state index in [4.69, 9.17) is 15.3 Å². The van der Waals surface area contributed by atoms with Crippen LogP contribution in [0.1, 0.15) is 38.3 Å². The third kappa shape index (κ3) is 4.13. The summed E-state index contributed by atoms with van der Waals surface area (Å²) in [4.78, 5) is 21.1. The van der Waals surface area contributed by atoms with Gasteiger partial charge >= 0.3 is 5.97 Å². The van der Waals surface area contributed by atoms with Crippen molar-refractivity contribution in [3.05, 3.63) is 11.1 Å². The van der Waals surface area contributed by atoms with Crippen molar-refractivity contribution in [3.8, 4) is 0 Å². The minimum atomic E-state index is -1.06. The number of hydrogen-bond donors (Lipinski definition) is 1. The topological polar surface area (TPSA) is 86.8 Å². The molecule has 0 aliphatic heterocycles. The lowest BCUT2D eigenvalue weighted by molar-refractivity contribution is -0.135. The summed E-state index contributed by atoms with van der Waals surface area (Å²) in [5.41, 5.74) is 5.75. The average molecular weight is 315 g/mol. The first kappa shape index (κ1) is 15.7. The number of carbonyl (C=O) groups is 1. The molecule has 2 rings (SSSR count). The number of nitrogen functional groups attached to an aromatic ring is 1. The molecule has 1 aliphatic carbocycles. The van der Waals surface area contributed by atoms with Crippen molar-refractivity contribution in [3.63, 3.8) is 0 Å². The van der Waals surface area contributed by atoms with Crippen molar-refractivity contribution in [2.45, 2.75) is 44.9 Å². The molecule has 8 heteroatoms. The Labute approximate surface area is 126 Å². The van der Waals surface area contributed by atoms with Gasteiger partial charge in [0.25, 0.3) is 0 Å². The number of alkyl halides is 1. The van der Waals surface area contributed by atoms with Gasteiger partial charge in [0, 0.05) is 5.38 Å². The van der Waals surface area contributed by atoms with Gasteiger partial charge in [-0.25, -0.2) is 14.2 Å². The van der Waals surface area contributed by atoms with Crippen LogP contribution < -0.4 is 5.73 Å². The highest BCUT2D eigenvalue weighted by atomic mass is 32.1. The molecule has 2 atom stereocenters. The molecule has 0 radical (unpaired) electrons. The predicted octanol–water partition coefficient (Wildman–Crippen LogP) is 2.29. The summed E-state index contributed by atoms with van der Waals surface area (Å²) in [5, 5.41) is 5.68. The molecule has 0 spiro atoms. The number of nitrogens with zero attached hydrogens (tertiary/aromatic N) is 2. The zero-order valence-electron chi connectivity index (χ0n) is 11.8. The van der Waals surface area contributed by atoms with Gasteiger partial charge < -0.3 is 15.3 Å². The Bertz CT molecular complexity index is 521. The first-order chi connectivity index (χ1) is 10.1. The molecule has 0 unspecified atom stereocenters. The molecule has 1 heterocycles. The SMILES string of the molecule is CCOC(=O)C(=NO[C@@H]1CCCC[C@H]1F)c1csc(N)n1. The van der Waals surface area contributed by atoms with E-state index in [1.807, 2.05) is 0 Å². The number of rotatable bonds is 5. The highest BCUT2D eigenvalue weighted by Gasteiger charge is 2.28. The number of oxime groups is 1. The fourth-order valence-electron chi connectivity index (χ4n) is 2.08. The monoisotopic (exact) mass is 315 g/mol. The Morgan fingerprint density at radius 3 is 2.95 bits per heavy atom. The molecule has 6 nitrogen and oxygen atoms in total. The number of esters is 1. The van der Waals surface area contributed by atoms with Crippen LogP contribution in [-0.4, -0.2) is 35.5 Å². The van der Waals surface area contributed by atoms with E-state index in [2.05, 4.69) is 10.1 Å². The van der Waals surface area contributed by atoms with Crippen LogP contribution >= 0.6 is 11.3 Å². The van der Waals surface area contributed by atoms with Crippen molar-refractivity contribution >= 4 is 28.1 Å². The molecule has 1 aromatic heterocycles. The first-order valence-corrected chi connectivity index (χ1v) is 7.76. The second-order valence-electron chi connectivity index (χ2n) is 4.68. The number of nitrogens with two attached hydrogens (primary N) is 1. The van der Waals surface area contributed by atoms with Crippen molar-refractivity contribution in [1.82, 2.24) is 4.98 Å². The number of thiazole rings is 1. The molecule has 0 bridgehead atoms. The molecular formula is C13H18FN3O3S. The predicted molar refractivity (Wildman–Crippen MR) is 77.9 cm³/mol. The summed E-state index contributed by atoms with van der Waals surface area (Å²) in [6, 6.07) is 0. The molecule has 1 aromatic rings. The van der Waals surface area contributed by atoms with Gasteiger partial charge in [-0.15, -0.1) is 11.3 Å². The van der Waals surface area contributed by atoms with Crippen LogP contribution in [0.2, 0.25) is 0 Å². The quantitative estimate of drug-likeness (QED) is 0.512. The van der Waals surface area contributed by atoms with Crippen molar-refractivity contribution in [1.29, 1.82) is 0 Å². The Balaban J connectivity index is 2.14. The zero-order valence-corrected chi connectivity index (χ0v) is 12.6. The number of ether oxygens (including phenoxy) is 1. The van der Waals surface area contributed by atoms with Crippen LogP contribution in [0, 0.1) is 0 Å². The van der Waals surface area contributed by atoms with Crippen molar-refractivity contribution < 1.29 is 18.8 Å². The molecule has 1 fully saturated rings. The Morgan fingerprint density at radius 2 is 2.33 bits per heavy atom. The van der Waals surface area contributed by atoms with Gasteiger partial charge in [-0.3, -0.25) is 0 Å². The minimum absolute atomic E-state index is 0.0810. The van der Waals surface area contributed by atoms with E-state index >= 15 is 0 Å². The third-order valence-electron chi connectivity index (χ3n) is 3.13. The molecule has 0 amide bonds. The van der Waals surface area contributed by atoms with Gasteiger partial charge in [-0.1, -0.05) is 11.6 Å². The third-order valence-corrected chi connectivity index (χ3v) is 3.81. The largest absolute Gasteiger partial charge is 0.461 e. The van der Waals surface area contributed by atoms with Crippen LogP contribution in [0.4, 0.5) is 9.52 Å². The average Bonchev–Trinajstić information content (AvgIpc) is 2.88. The normalized spacial score (nSPS) is 22.9. The van der Waals surface area contributed by atoms with E-state index in [1.54, 1.807) is 12.3 Å². The van der Waals surface area contributed by atoms with E-state index < -0.39 is 18.2 Å². The molecule has 1 saturated carbocycles. The van der Waals surface area contributed by atoms with Gasteiger partial charge in [0.15, 0.2) is 11.2 Å². The molecule has 0 aromatic carbocycles. The highest BCUT2D eigenvalue weighted by Crippen LogP contribution is 2.24. The minimum Gasteiger partial charge on any atom is -0.461 e. The maximum absolute atomic E-state index is 13.7. The van der Waals surface area contributed by atoms with Gasteiger partial charge in [-0.05, 0) is 26.2 Å². The molecule has 116 valence electrons. The Morgan fingerprint density at radius 1 is 1.57 bits per heavy atom. The van der Waals surface area contributed by atoms with Crippen LogP contribution in [0.15, 0.2) is 10.5 Å². The summed E-state index contributed by atoms with van der Waals surface area (Å²) in [6.45, 7) is 1.89. The molecule has 0 saturated heterocycles. The van der Waals surface area contributed by atoms with Crippen molar-refractivity contribution in [2.75, 3.05) is 12.3 Å². The van der Waals surface area contributed by atoms with Gasteiger partial charge in [-0.2, -0.15) is 0 Å². The zero-order chi connectivity index (χ0) is 15.2. The van der Waals surface area contributed by atoms with Crippen LogP contribution in [0.3, 0.4) is 0 Å². The number of carbonyl (C=O) groups excluding carboxylic acids is 1. The molecule has 2 N–H and O–H groups in total. The summed E-state index contributed by atoms with van der Waals surface area (Å²) in [5.74, 6) is -0.658. The Kier molecular flexibility index (Phi) is 5.49. The van der Waals surface area contributed by atoms with Crippen LogP contribution in [-0.2, 0) is 14.4 Å². The maximum atomic E-state index is 13.7. The fourth-order valence-corrected chi connectivity index (χ4v) is 2.62. The smallest absolute Gasteiger partial charge is 0.362 e. The van der Waals surface area contributed by atoms with E-state index in [0.717, 1.165) is 12.8 Å². The first-order valence-electron chi connectivity index (χ1n) is 6.88. The lowest BCUT2D eigenvalue weighted by atomic mass is 9.96. The summed E-state index contributed by atoms with van der Waals surface area (Å²) in [6.07, 6.45) is 1.08. The number of hydrogen-bond acceptors (Lipinski definition) is 7. The Hall–Kier alpha value is -1.70. The number of halogens is 1. The maximum Gasteiger partial charge on any atom is 0.362 e. The molecule has 21 heavy (non-hydrogen) atoms.